The van der Waals surface area contributed by atoms with E-state index >= 15 is 0 Å². The first-order chi connectivity index (χ1) is 17.1. The number of aromatic nitrogens is 3. The van der Waals surface area contributed by atoms with E-state index in [0.717, 1.165) is 16.7 Å². The first-order valence-corrected chi connectivity index (χ1v) is 11.7. The predicted molar refractivity (Wildman–Crippen MR) is 138 cm³/mol. The van der Waals surface area contributed by atoms with Crippen molar-refractivity contribution in [1.29, 1.82) is 0 Å². The number of carboxylic acid groups (broad SMARTS) is 1. The molecule has 5 rings (SSSR count). The maximum atomic E-state index is 12.1. The molecule has 0 aliphatic heterocycles. The molecular formula is C28H23ClN4O2. The fourth-order valence-corrected chi connectivity index (χ4v) is 4.86. The lowest BCUT2D eigenvalue weighted by Gasteiger charge is -2.37. The number of hydrogen-bond donors (Lipinski definition) is 1. The second-order valence-electron chi connectivity index (χ2n) is 8.09. The lowest BCUT2D eigenvalue weighted by atomic mass is 9.77. The SMILES string of the molecule is CCN(C(=O)O)c1nn(C(c2ccccc2)(c2ccccc2)c2ccccc2)c2cc(Cl)ncc12. The van der Waals surface area contributed by atoms with Gasteiger partial charge in [-0.05, 0) is 23.6 Å². The van der Waals surface area contributed by atoms with E-state index in [0.29, 0.717) is 21.9 Å². The average Bonchev–Trinajstić information content (AvgIpc) is 3.25. The Labute approximate surface area is 208 Å². The third-order valence-electron chi connectivity index (χ3n) is 6.21. The van der Waals surface area contributed by atoms with Crippen molar-refractivity contribution in [2.45, 2.75) is 12.5 Å². The highest BCUT2D eigenvalue weighted by atomic mass is 35.5. The van der Waals surface area contributed by atoms with Crippen LogP contribution in [0.15, 0.2) is 103 Å². The van der Waals surface area contributed by atoms with Crippen molar-refractivity contribution >= 4 is 34.4 Å². The summed E-state index contributed by atoms with van der Waals surface area (Å²) in [5.41, 5.74) is 2.68. The Morgan fingerprint density at radius 1 is 0.914 bits per heavy atom. The first-order valence-electron chi connectivity index (χ1n) is 11.3. The smallest absolute Gasteiger partial charge is 0.413 e. The van der Waals surface area contributed by atoms with Crippen molar-refractivity contribution in [3.8, 4) is 0 Å². The number of carbonyl (C=O) groups is 1. The normalized spacial score (nSPS) is 11.5. The molecule has 1 N–H and O–H groups in total. The van der Waals surface area contributed by atoms with Gasteiger partial charge in [-0.3, -0.25) is 4.90 Å². The van der Waals surface area contributed by atoms with Gasteiger partial charge in [-0.2, -0.15) is 5.10 Å². The molecule has 0 saturated heterocycles. The van der Waals surface area contributed by atoms with E-state index in [-0.39, 0.29) is 6.54 Å². The largest absolute Gasteiger partial charge is 0.465 e. The van der Waals surface area contributed by atoms with Gasteiger partial charge in [-0.25, -0.2) is 14.5 Å². The lowest BCUT2D eigenvalue weighted by molar-refractivity contribution is 0.202. The molecule has 0 saturated carbocycles. The Hall–Kier alpha value is -4.16. The van der Waals surface area contributed by atoms with Gasteiger partial charge in [0, 0.05) is 18.8 Å². The molecule has 5 aromatic rings. The molecule has 0 unspecified atom stereocenters. The van der Waals surface area contributed by atoms with Gasteiger partial charge in [0.2, 0.25) is 0 Å². The summed E-state index contributed by atoms with van der Waals surface area (Å²) in [5, 5.41) is 15.8. The molecule has 0 fully saturated rings. The van der Waals surface area contributed by atoms with E-state index in [2.05, 4.69) is 41.4 Å². The summed E-state index contributed by atoms with van der Waals surface area (Å²) in [6.45, 7) is 2.01. The molecule has 0 aliphatic carbocycles. The number of rotatable bonds is 6. The van der Waals surface area contributed by atoms with E-state index in [9.17, 15) is 9.90 Å². The number of hydrogen-bond acceptors (Lipinski definition) is 3. The molecule has 6 nitrogen and oxygen atoms in total. The molecule has 0 atom stereocenters. The van der Waals surface area contributed by atoms with Gasteiger partial charge >= 0.3 is 6.09 Å². The fraction of sp³-hybridized carbons (Fsp3) is 0.107. The van der Waals surface area contributed by atoms with Crippen molar-refractivity contribution in [2.75, 3.05) is 11.4 Å². The summed E-state index contributed by atoms with van der Waals surface area (Å²) in [6.07, 6.45) is 0.507. The van der Waals surface area contributed by atoms with Crippen molar-refractivity contribution in [2.24, 2.45) is 0 Å². The number of benzene rings is 3. The molecular weight excluding hydrogens is 460 g/mol. The number of halogens is 1. The molecule has 174 valence electrons. The van der Waals surface area contributed by atoms with E-state index in [1.165, 1.54) is 4.90 Å². The van der Waals surface area contributed by atoms with Gasteiger partial charge in [-0.15, -0.1) is 0 Å². The zero-order valence-corrected chi connectivity index (χ0v) is 19.8. The summed E-state index contributed by atoms with van der Waals surface area (Å²) in [7, 11) is 0. The Balaban J connectivity index is 1.99. The highest BCUT2D eigenvalue weighted by molar-refractivity contribution is 6.30. The number of amides is 1. The molecule has 2 heterocycles. The standard InChI is InChI=1S/C28H23ClN4O2/c1-2-32(27(34)35)26-23-19-30-25(29)18-24(23)33(31-26)28(20-12-6-3-7-13-20,21-14-8-4-9-15-21)22-16-10-5-11-17-22/h3-19H,2H2,1H3,(H,34,35). The predicted octanol–water partition coefficient (Wildman–Crippen LogP) is 6.43. The second-order valence-corrected chi connectivity index (χ2v) is 8.48. The minimum absolute atomic E-state index is 0.235. The third kappa shape index (κ3) is 3.72. The van der Waals surface area contributed by atoms with Gasteiger partial charge in [0.05, 0.1) is 10.9 Å². The monoisotopic (exact) mass is 482 g/mol. The summed E-state index contributed by atoms with van der Waals surface area (Å²) < 4.78 is 1.89. The van der Waals surface area contributed by atoms with E-state index < -0.39 is 11.6 Å². The summed E-state index contributed by atoms with van der Waals surface area (Å²) in [4.78, 5) is 17.6. The van der Waals surface area contributed by atoms with Crippen LogP contribution < -0.4 is 4.90 Å². The van der Waals surface area contributed by atoms with Gasteiger partial charge < -0.3 is 5.11 Å². The van der Waals surface area contributed by atoms with Crippen LogP contribution in [0.3, 0.4) is 0 Å². The van der Waals surface area contributed by atoms with Gasteiger partial charge in [-0.1, -0.05) is 103 Å². The first kappa shape index (κ1) is 22.6. The Kier molecular flexibility index (Phi) is 5.97. The van der Waals surface area contributed by atoms with Crippen LogP contribution in [0.25, 0.3) is 10.9 Å². The van der Waals surface area contributed by atoms with E-state index in [1.54, 1.807) is 19.2 Å². The van der Waals surface area contributed by atoms with Crippen molar-refractivity contribution < 1.29 is 9.90 Å². The lowest BCUT2D eigenvalue weighted by Crippen LogP contribution is -2.39. The zero-order chi connectivity index (χ0) is 24.4. The topological polar surface area (TPSA) is 71.2 Å². The highest BCUT2D eigenvalue weighted by Crippen LogP contribution is 2.44. The molecule has 2 aromatic heterocycles. The zero-order valence-electron chi connectivity index (χ0n) is 19.0. The minimum Gasteiger partial charge on any atom is -0.465 e. The Bertz CT molecular complexity index is 1370. The Morgan fingerprint density at radius 3 is 1.83 bits per heavy atom. The molecule has 0 radical (unpaired) electrons. The van der Waals surface area contributed by atoms with Crippen LogP contribution in [0.2, 0.25) is 5.15 Å². The van der Waals surface area contributed by atoms with E-state index in [1.807, 2.05) is 59.3 Å². The van der Waals surface area contributed by atoms with Crippen LogP contribution in [-0.2, 0) is 5.54 Å². The number of anilines is 1. The molecule has 1 amide bonds. The van der Waals surface area contributed by atoms with Gasteiger partial charge in [0.1, 0.15) is 10.7 Å². The van der Waals surface area contributed by atoms with Crippen LogP contribution in [0.4, 0.5) is 10.6 Å². The molecule has 0 spiro atoms. The average molecular weight is 483 g/mol. The van der Waals surface area contributed by atoms with Crippen molar-refractivity contribution in [3.63, 3.8) is 0 Å². The molecule has 3 aromatic carbocycles. The van der Waals surface area contributed by atoms with Crippen LogP contribution in [0, 0.1) is 0 Å². The van der Waals surface area contributed by atoms with Crippen LogP contribution in [0.1, 0.15) is 23.6 Å². The molecule has 0 aliphatic rings. The van der Waals surface area contributed by atoms with Crippen LogP contribution >= 0.6 is 11.6 Å². The van der Waals surface area contributed by atoms with Crippen molar-refractivity contribution in [1.82, 2.24) is 14.8 Å². The maximum Gasteiger partial charge on any atom is 0.413 e. The summed E-state index contributed by atoms with van der Waals surface area (Å²) in [5.74, 6) is 0.311. The Morgan fingerprint density at radius 2 is 1.40 bits per heavy atom. The molecule has 7 heteroatoms. The summed E-state index contributed by atoms with van der Waals surface area (Å²) >= 11 is 6.38. The van der Waals surface area contributed by atoms with Crippen LogP contribution in [-0.4, -0.2) is 32.5 Å². The number of fused-ring (bicyclic) bond motifs is 1. The van der Waals surface area contributed by atoms with Gasteiger partial charge in [0.15, 0.2) is 5.82 Å². The maximum absolute atomic E-state index is 12.1. The number of pyridine rings is 1. The van der Waals surface area contributed by atoms with Gasteiger partial charge in [0.25, 0.3) is 0 Å². The minimum atomic E-state index is -1.08. The summed E-state index contributed by atoms with van der Waals surface area (Å²) in [6, 6.07) is 32.0. The third-order valence-corrected chi connectivity index (χ3v) is 6.41. The molecule has 0 bridgehead atoms. The highest BCUT2D eigenvalue weighted by Gasteiger charge is 2.41. The molecule has 35 heavy (non-hydrogen) atoms. The number of nitrogens with zero attached hydrogens (tertiary/aromatic N) is 4. The fourth-order valence-electron chi connectivity index (χ4n) is 4.71. The van der Waals surface area contributed by atoms with Crippen molar-refractivity contribution in [3.05, 3.63) is 125 Å². The second kappa shape index (κ2) is 9.24. The quantitative estimate of drug-likeness (QED) is 0.223. The van der Waals surface area contributed by atoms with E-state index in [4.69, 9.17) is 16.7 Å². The van der Waals surface area contributed by atoms with Crippen LogP contribution in [0.5, 0.6) is 0 Å².